The summed E-state index contributed by atoms with van der Waals surface area (Å²) in [5.41, 5.74) is 0.764. The first-order chi connectivity index (χ1) is 7.72. The van der Waals surface area contributed by atoms with Crippen LogP contribution in [-0.4, -0.2) is 25.6 Å². The van der Waals surface area contributed by atoms with Gasteiger partial charge in [-0.1, -0.05) is 0 Å². The molecule has 0 unspecified atom stereocenters. The molecule has 0 amide bonds. The Kier molecular flexibility index (Phi) is 5.59. The van der Waals surface area contributed by atoms with E-state index in [2.05, 4.69) is 15.9 Å². The minimum atomic E-state index is -0.0385. The van der Waals surface area contributed by atoms with Crippen LogP contribution >= 0.6 is 15.9 Å². The van der Waals surface area contributed by atoms with Gasteiger partial charge in [-0.2, -0.15) is 0 Å². The van der Waals surface area contributed by atoms with E-state index in [0.717, 1.165) is 10.0 Å². The van der Waals surface area contributed by atoms with Gasteiger partial charge in [0.1, 0.15) is 0 Å². The number of hydrogen-bond donors (Lipinski definition) is 1. The van der Waals surface area contributed by atoms with Crippen LogP contribution in [0.3, 0.4) is 0 Å². The highest BCUT2D eigenvalue weighted by atomic mass is 79.9. The maximum Gasteiger partial charge on any atom is 0.188 e. The van der Waals surface area contributed by atoms with Gasteiger partial charge >= 0.3 is 0 Å². The van der Waals surface area contributed by atoms with Crippen molar-refractivity contribution in [3.63, 3.8) is 0 Å². The molecule has 0 fully saturated rings. The first-order valence-corrected chi connectivity index (χ1v) is 5.70. The predicted molar refractivity (Wildman–Crippen MR) is 63.7 cm³/mol. The van der Waals surface area contributed by atoms with Crippen LogP contribution in [0, 0.1) is 0 Å². The number of halogens is 1. The number of benzene rings is 1. The predicted octanol–water partition coefficient (Wildman–Crippen LogP) is 2.32. The standard InChI is InChI=1S/C11H15BrO4/c1-3-15-10-5-8(6-13)4-9(12)11(10)16-7-14-2/h4-5,13H,3,6-7H2,1-2H3. The Morgan fingerprint density at radius 1 is 1.31 bits per heavy atom. The molecule has 1 aromatic carbocycles. The highest BCUT2D eigenvalue weighted by molar-refractivity contribution is 9.10. The number of aliphatic hydroxyl groups excluding tert-OH is 1. The van der Waals surface area contributed by atoms with Crippen LogP contribution in [-0.2, 0) is 11.3 Å². The van der Waals surface area contributed by atoms with Gasteiger partial charge in [-0.25, -0.2) is 0 Å². The molecule has 0 aliphatic rings. The number of ether oxygens (including phenoxy) is 3. The maximum atomic E-state index is 9.08. The molecule has 0 aliphatic heterocycles. The van der Waals surface area contributed by atoms with E-state index in [1.165, 1.54) is 0 Å². The summed E-state index contributed by atoms with van der Waals surface area (Å²) < 4.78 is 16.4. The summed E-state index contributed by atoms with van der Waals surface area (Å²) >= 11 is 3.37. The summed E-state index contributed by atoms with van der Waals surface area (Å²) in [5.74, 6) is 1.18. The van der Waals surface area contributed by atoms with Crippen LogP contribution in [0.15, 0.2) is 16.6 Å². The molecule has 0 atom stereocenters. The van der Waals surface area contributed by atoms with Gasteiger partial charge in [0, 0.05) is 7.11 Å². The second-order valence-electron chi connectivity index (χ2n) is 3.05. The fourth-order valence-corrected chi connectivity index (χ4v) is 1.84. The second kappa shape index (κ2) is 6.73. The monoisotopic (exact) mass is 290 g/mol. The fraction of sp³-hybridized carbons (Fsp3) is 0.455. The maximum absolute atomic E-state index is 9.08. The van der Waals surface area contributed by atoms with Gasteiger partial charge in [0.15, 0.2) is 18.3 Å². The summed E-state index contributed by atoms with van der Waals surface area (Å²) in [6, 6.07) is 3.53. The first-order valence-electron chi connectivity index (χ1n) is 4.90. The van der Waals surface area contributed by atoms with Gasteiger partial charge in [0.05, 0.1) is 17.7 Å². The Bertz CT molecular complexity index is 341. The highest BCUT2D eigenvalue weighted by Crippen LogP contribution is 2.36. The van der Waals surface area contributed by atoms with Crippen molar-refractivity contribution in [1.82, 2.24) is 0 Å². The van der Waals surface area contributed by atoms with Gasteiger partial charge in [0.2, 0.25) is 0 Å². The van der Waals surface area contributed by atoms with Crippen LogP contribution in [0.4, 0.5) is 0 Å². The highest BCUT2D eigenvalue weighted by Gasteiger charge is 2.11. The summed E-state index contributed by atoms with van der Waals surface area (Å²) in [7, 11) is 1.55. The van der Waals surface area contributed by atoms with E-state index in [1.807, 2.05) is 6.92 Å². The zero-order valence-corrected chi connectivity index (χ0v) is 10.9. The second-order valence-corrected chi connectivity index (χ2v) is 3.90. The molecule has 0 bridgehead atoms. The third kappa shape index (κ3) is 3.37. The molecule has 4 nitrogen and oxygen atoms in total. The van der Waals surface area contributed by atoms with Crippen molar-refractivity contribution in [3.8, 4) is 11.5 Å². The largest absolute Gasteiger partial charge is 0.490 e. The quantitative estimate of drug-likeness (QED) is 0.817. The average Bonchev–Trinajstić information content (AvgIpc) is 2.28. The molecule has 0 saturated carbocycles. The first kappa shape index (κ1) is 13.3. The van der Waals surface area contributed by atoms with Crippen LogP contribution in [0.25, 0.3) is 0 Å². The number of rotatable bonds is 6. The molecule has 0 aliphatic carbocycles. The zero-order chi connectivity index (χ0) is 12.0. The van der Waals surface area contributed by atoms with E-state index in [1.54, 1.807) is 19.2 Å². The summed E-state index contributed by atoms with van der Waals surface area (Å²) in [6.07, 6.45) is 0. The summed E-state index contributed by atoms with van der Waals surface area (Å²) in [6.45, 7) is 2.53. The molecule has 1 aromatic rings. The molecule has 0 radical (unpaired) electrons. The zero-order valence-electron chi connectivity index (χ0n) is 9.33. The molecule has 5 heteroatoms. The van der Waals surface area contributed by atoms with Crippen LogP contribution in [0.2, 0.25) is 0 Å². The average molecular weight is 291 g/mol. The van der Waals surface area contributed by atoms with E-state index >= 15 is 0 Å². The summed E-state index contributed by atoms with van der Waals surface area (Å²) in [4.78, 5) is 0. The van der Waals surface area contributed by atoms with E-state index in [0.29, 0.717) is 18.1 Å². The van der Waals surface area contributed by atoms with Gasteiger partial charge in [0.25, 0.3) is 0 Å². The Labute approximate surface area is 103 Å². The molecular formula is C11H15BrO4. The van der Waals surface area contributed by atoms with E-state index in [4.69, 9.17) is 19.3 Å². The molecule has 16 heavy (non-hydrogen) atoms. The van der Waals surface area contributed by atoms with Crippen molar-refractivity contribution < 1.29 is 19.3 Å². The molecule has 0 aromatic heterocycles. The molecule has 1 rings (SSSR count). The van der Waals surface area contributed by atoms with Crippen molar-refractivity contribution in [2.45, 2.75) is 13.5 Å². The Morgan fingerprint density at radius 2 is 2.06 bits per heavy atom. The molecule has 1 N–H and O–H groups in total. The molecule has 0 spiro atoms. The topological polar surface area (TPSA) is 47.9 Å². The Hall–Kier alpha value is -0.780. The molecule has 0 heterocycles. The fourth-order valence-electron chi connectivity index (χ4n) is 1.23. The van der Waals surface area contributed by atoms with Crippen molar-refractivity contribution in [2.75, 3.05) is 20.5 Å². The smallest absolute Gasteiger partial charge is 0.188 e. The van der Waals surface area contributed by atoms with Crippen molar-refractivity contribution >= 4 is 15.9 Å². The van der Waals surface area contributed by atoms with Crippen LogP contribution < -0.4 is 9.47 Å². The normalized spacial score (nSPS) is 10.2. The van der Waals surface area contributed by atoms with E-state index in [-0.39, 0.29) is 13.4 Å². The van der Waals surface area contributed by atoms with Crippen molar-refractivity contribution in [1.29, 1.82) is 0 Å². The van der Waals surface area contributed by atoms with Gasteiger partial charge in [-0.3, -0.25) is 0 Å². The lowest BCUT2D eigenvalue weighted by Gasteiger charge is -2.14. The third-order valence-electron chi connectivity index (χ3n) is 1.87. The van der Waals surface area contributed by atoms with Crippen molar-refractivity contribution in [2.24, 2.45) is 0 Å². The SMILES string of the molecule is CCOc1cc(CO)cc(Br)c1OCOC. The van der Waals surface area contributed by atoms with Gasteiger partial charge in [-0.05, 0) is 40.5 Å². The van der Waals surface area contributed by atoms with Crippen LogP contribution in [0.1, 0.15) is 12.5 Å². The van der Waals surface area contributed by atoms with Crippen LogP contribution in [0.5, 0.6) is 11.5 Å². The lowest BCUT2D eigenvalue weighted by Crippen LogP contribution is -2.03. The molecular weight excluding hydrogens is 276 g/mol. The van der Waals surface area contributed by atoms with Crippen molar-refractivity contribution in [3.05, 3.63) is 22.2 Å². The number of hydrogen-bond acceptors (Lipinski definition) is 4. The van der Waals surface area contributed by atoms with Gasteiger partial charge in [-0.15, -0.1) is 0 Å². The molecule has 0 saturated heterocycles. The Morgan fingerprint density at radius 3 is 2.62 bits per heavy atom. The Balaban J connectivity index is 3.01. The third-order valence-corrected chi connectivity index (χ3v) is 2.46. The van der Waals surface area contributed by atoms with Gasteiger partial charge < -0.3 is 19.3 Å². The minimum Gasteiger partial charge on any atom is -0.490 e. The van der Waals surface area contributed by atoms with E-state index in [9.17, 15) is 0 Å². The van der Waals surface area contributed by atoms with E-state index < -0.39 is 0 Å². The lowest BCUT2D eigenvalue weighted by atomic mass is 10.2. The number of aliphatic hydroxyl groups is 1. The number of methoxy groups -OCH3 is 1. The minimum absolute atomic E-state index is 0.0385. The lowest BCUT2D eigenvalue weighted by molar-refractivity contribution is 0.0481. The summed E-state index contributed by atoms with van der Waals surface area (Å²) in [5, 5.41) is 9.08. The molecule has 90 valence electrons.